The number of rotatable bonds is 8. The fraction of sp³-hybridized carbons (Fsp3) is 0.333. The summed E-state index contributed by atoms with van der Waals surface area (Å²) in [4.78, 5) is 4.58. The van der Waals surface area contributed by atoms with E-state index in [2.05, 4.69) is 35.4 Å². The van der Waals surface area contributed by atoms with Crippen molar-refractivity contribution in [3.05, 3.63) is 77.4 Å². The van der Waals surface area contributed by atoms with E-state index in [4.69, 9.17) is 9.26 Å². The van der Waals surface area contributed by atoms with Crippen LogP contribution in [0.5, 0.6) is 5.75 Å². The lowest BCUT2D eigenvalue weighted by atomic mass is 10.1. The lowest BCUT2D eigenvalue weighted by Gasteiger charge is -2.18. The Hall–Kier alpha value is -2.66. The van der Waals surface area contributed by atoms with Gasteiger partial charge in [0.05, 0.1) is 0 Å². The summed E-state index contributed by atoms with van der Waals surface area (Å²) in [5.74, 6) is 1.99. The minimum Gasteiger partial charge on any atom is -0.476 e. The van der Waals surface area contributed by atoms with Crippen molar-refractivity contribution in [1.82, 2.24) is 15.5 Å². The van der Waals surface area contributed by atoms with Gasteiger partial charge in [-0.05, 0) is 32.0 Å². The number of ether oxygens (including phenoxy) is 1. The Labute approximate surface area is 154 Å². The van der Waals surface area contributed by atoms with Crippen molar-refractivity contribution >= 4 is 0 Å². The molecule has 136 valence electrons. The summed E-state index contributed by atoms with van der Waals surface area (Å²) in [5, 5.41) is 7.31. The standard InChI is InChI=1S/C21H25N3O2/c1-4-16-10-8-9-13-18(16)25-20(17-11-6-5-7-12-17)21-23-19(24-26-21)14-15(2)22-3/h5-13,15,20,22H,4,14H2,1-3H3. The average Bonchev–Trinajstić information content (AvgIpc) is 3.15. The van der Waals surface area contributed by atoms with Crippen LogP contribution in [0, 0.1) is 0 Å². The molecule has 3 rings (SSSR count). The van der Waals surface area contributed by atoms with E-state index in [9.17, 15) is 0 Å². The predicted molar refractivity (Wildman–Crippen MR) is 101 cm³/mol. The third-order valence-electron chi connectivity index (χ3n) is 4.39. The van der Waals surface area contributed by atoms with Crippen molar-refractivity contribution in [2.24, 2.45) is 0 Å². The molecule has 2 aromatic carbocycles. The van der Waals surface area contributed by atoms with Gasteiger partial charge in [0.1, 0.15) is 5.75 Å². The van der Waals surface area contributed by atoms with Crippen molar-refractivity contribution in [2.75, 3.05) is 7.05 Å². The molecule has 0 amide bonds. The van der Waals surface area contributed by atoms with Gasteiger partial charge in [-0.25, -0.2) is 0 Å². The summed E-state index contributed by atoms with van der Waals surface area (Å²) in [5.41, 5.74) is 2.13. The van der Waals surface area contributed by atoms with Crippen LogP contribution in [0.3, 0.4) is 0 Å². The Balaban J connectivity index is 1.92. The first-order valence-corrected chi connectivity index (χ1v) is 9.00. The molecule has 0 fully saturated rings. The van der Waals surface area contributed by atoms with E-state index in [0.29, 0.717) is 18.1 Å². The van der Waals surface area contributed by atoms with Crippen LogP contribution in [0.25, 0.3) is 0 Å². The number of likely N-dealkylation sites (N-methyl/N-ethyl adjacent to an activating group) is 1. The van der Waals surface area contributed by atoms with Gasteiger partial charge in [-0.3, -0.25) is 0 Å². The molecule has 5 heteroatoms. The molecule has 0 radical (unpaired) electrons. The first-order valence-electron chi connectivity index (χ1n) is 9.00. The molecule has 0 bridgehead atoms. The number of nitrogens with zero attached hydrogens (tertiary/aromatic N) is 2. The van der Waals surface area contributed by atoms with E-state index in [1.165, 1.54) is 0 Å². The molecule has 0 aliphatic heterocycles. The van der Waals surface area contributed by atoms with E-state index >= 15 is 0 Å². The van der Waals surface area contributed by atoms with Gasteiger partial charge in [-0.1, -0.05) is 60.6 Å². The lowest BCUT2D eigenvalue weighted by Crippen LogP contribution is -2.24. The van der Waals surface area contributed by atoms with Crippen molar-refractivity contribution in [2.45, 2.75) is 38.8 Å². The van der Waals surface area contributed by atoms with E-state index in [1.54, 1.807) is 0 Å². The Morgan fingerprint density at radius 1 is 1.08 bits per heavy atom. The third-order valence-corrected chi connectivity index (χ3v) is 4.39. The quantitative estimate of drug-likeness (QED) is 0.666. The second kappa shape index (κ2) is 8.63. The van der Waals surface area contributed by atoms with Gasteiger partial charge in [0.15, 0.2) is 5.82 Å². The molecule has 2 atom stereocenters. The first kappa shape index (κ1) is 18.1. The summed E-state index contributed by atoms with van der Waals surface area (Å²) in [6.07, 6.45) is 1.16. The number of nitrogens with one attached hydrogen (secondary N) is 1. The van der Waals surface area contributed by atoms with Crippen LogP contribution in [0.4, 0.5) is 0 Å². The number of hydrogen-bond donors (Lipinski definition) is 1. The highest BCUT2D eigenvalue weighted by Crippen LogP contribution is 2.30. The second-order valence-electron chi connectivity index (χ2n) is 6.31. The Bertz CT molecular complexity index is 817. The molecule has 0 aliphatic rings. The highest BCUT2D eigenvalue weighted by Gasteiger charge is 2.24. The zero-order valence-electron chi connectivity index (χ0n) is 15.5. The van der Waals surface area contributed by atoms with Crippen LogP contribution in [0.1, 0.15) is 42.8 Å². The molecule has 1 N–H and O–H groups in total. The predicted octanol–water partition coefficient (Wildman–Crippen LogP) is 3.95. The van der Waals surface area contributed by atoms with Gasteiger partial charge in [0, 0.05) is 18.0 Å². The molecular formula is C21H25N3O2. The summed E-state index contributed by atoms with van der Waals surface area (Å²) in [6.45, 7) is 4.20. The van der Waals surface area contributed by atoms with Crippen molar-refractivity contribution in [1.29, 1.82) is 0 Å². The molecular weight excluding hydrogens is 326 g/mol. The normalized spacial score (nSPS) is 13.3. The van der Waals surface area contributed by atoms with Crippen LogP contribution < -0.4 is 10.1 Å². The van der Waals surface area contributed by atoms with E-state index in [0.717, 1.165) is 23.3 Å². The SMILES string of the molecule is CCc1ccccc1OC(c1ccccc1)c1nc(CC(C)NC)no1. The molecule has 0 saturated heterocycles. The average molecular weight is 351 g/mol. The van der Waals surface area contributed by atoms with Crippen molar-refractivity contribution in [3.63, 3.8) is 0 Å². The fourth-order valence-electron chi connectivity index (χ4n) is 2.76. The zero-order chi connectivity index (χ0) is 18.4. The minimum absolute atomic E-state index is 0.275. The molecule has 0 spiro atoms. The van der Waals surface area contributed by atoms with Gasteiger partial charge in [-0.15, -0.1) is 0 Å². The largest absolute Gasteiger partial charge is 0.476 e. The van der Waals surface area contributed by atoms with E-state index < -0.39 is 6.10 Å². The van der Waals surface area contributed by atoms with E-state index in [1.807, 2.05) is 55.6 Å². The summed E-state index contributed by atoms with van der Waals surface area (Å²) in [6, 6.07) is 18.3. The Morgan fingerprint density at radius 3 is 2.54 bits per heavy atom. The number of aromatic nitrogens is 2. The van der Waals surface area contributed by atoms with Gasteiger partial charge >= 0.3 is 0 Å². The maximum Gasteiger partial charge on any atom is 0.272 e. The van der Waals surface area contributed by atoms with Crippen molar-refractivity contribution < 1.29 is 9.26 Å². The van der Waals surface area contributed by atoms with Crippen LogP contribution in [-0.4, -0.2) is 23.2 Å². The van der Waals surface area contributed by atoms with Crippen LogP contribution >= 0.6 is 0 Å². The summed E-state index contributed by atoms with van der Waals surface area (Å²) >= 11 is 0. The minimum atomic E-state index is -0.435. The fourth-order valence-corrected chi connectivity index (χ4v) is 2.76. The van der Waals surface area contributed by atoms with Crippen LogP contribution in [0.2, 0.25) is 0 Å². The van der Waals surface area contributed by atoms with Gasteiger partial charge in [0.25, 0.3) is 5.89 Å². The van der Waals surface area contributed by atoms with E-state index in [-0.39, 0.29) is 6.04 Å². The number of hydrogen-bond acceptors (Lipinski definition) is 5. The lowest BCUT2D eigenvalue weighted by molar-refractivity contribution is 0.192. The van der Waals surface area contributed by atoms with Gasteiger partial charge in [-0.2, -0.15) is 4.98 Å². The maximum atomic E-state index is 6.34. The summed E-state index contributed by atoms with van der Waals surface area (Å²) < 4.78 is 11.9. The molecule has 1 heterocycles. The number of para-hydroxylation sites is 1. The number of aryl methyl sites for hydroxylation is 1. The summed E-state index contributed by atoms with van der Waals surface area (Å²) in [7, 11) is 1.92. The molecule has 1 aromatic heterocycles. The van der Waals surface area contributed by atoms with Crippen LogP contribution in [-0.2, 0) is 12.8 Å². The van der Waals surface area contributed by atoms with Gasteiger partial charge in [0.2, 0.25) is 6.10 Å². The second-order valence-corrected chi connectivity index (χ2v) is 6.31. The zero-order valence-corrected chi connectivity index (χ0v) is 15.5. The van der Waals surface area contributed by atoms with Crippen molar-refractivity contribution in [3.8, 4) is 5.75 Å². The molecule has 26 heavy (non-hydrogen) atoms. The monoisotopic (exact) mass is 351 g/mol. The third kappa shape index (κ3) is 4.29. The maximum absolute atomic E-state index is 6.34. The molecule has 0 aliphatic carbocycles. The molecule has 0 saturated carbocycles. The van der Waals surface area contributed by atoms with Crippen LogP contribution in [0.15, 0.2) is 59.1 Å². The topological polar surface area (TPSA) is 60.2 Å². The smallest absolute Gasteiger partial charge is 0.272 e. The van der Waals surface area contributed by atoms with Gasteiger partial charge < -0.3 is 14.6 Å². The number of benzene rings is 2. The molecule has 2 unspecified atom stereocenters. The molecule has 3 aromatic rings. The highest BCUT2D eigenvalue weighted by molar-refractivity contribution is 5.35. The highest BCUT2D eigenvalue weighted by atomic mass is 16.5. The molecule has 5 nitrogen and oxygen atoms in total. The first-order chi connectivity index (χ1) is 12.7. The Kier molecular flexibility index (Phi) is 6.02. The Morgan fingerprint density at radius 2 is 1.81 bits per heavy atom.